The normalized spacial score (nSPS) is 14.5. The Balaban J connectivity index is 1.08. The summed E-state index contributed by atoms with van der Waals surface area (Å²) in [6, 6.07) is 22.7. The molecule has 0 bridgehead atoms. The number of alkyl halides is 1. The van der Waals surface area contributed by atoms with Gasteiger partial charge in [-0.1, -0.05) is 45.9 Å². The highest BCUT2D eigenvalue weighted by atomic mass is 35.5. The molecule has 0 saturated carbocycles. The van der Waals surface area contributed by atoms with Crippen LogP contribution < -0.4 is 20.1 Å². The maximum Gasteiger partial charge on any atom is 0.524 e. The first-order valence-corrected chi connectivity index (χ1v) is 21.6. The lowest BCUT2D eigenvalue weighted by molar-refractivity contribution is -0.116. The second kappa shape index (κ2) is 15.0. The number of aromatic amines is 2. The molecule has 0 fully saturated rings. The van der Waals surface area contributed by atoms with Gasteiger partial charge in [0.05, 0.1) is 5.69 Å². The topological polar surface area (TPSA) is 177 Å². The minimum atomic E-state index is -4.90. The third kappa shape index (κ3) is 8.00. The molecule has 3 amide bonds. The molecule has 0 saturated heterocycles. The molecule has 4 aromatic carbocycles. The second-order valence-electron chi connectivity index (χ2n) is 13.7. The molecular weight excluding hydrogens is 769 g/mol. The average molecular weight is 806 g/mol. The van der Waals surface area contributed by atoms with Crippen LogP contribution in [0.1, 0.15) is 59.1 Å². The third-order valence-electron chi connectivity index (χ3n) is 9.30. The van der Waals surface area contributed by atoms with Crippen LogP contribution in [0.15, 0.2) is 78.9 Å². The van der Waals surface area contributed by atoms with Gasteiger partial charge >= 0.3 is 7.82 Å². The molecule has 2 aromatic heterocycles. The van der Waals surface area contributed by atoms with Crippen LogP contribution in [0, 0.1) is 0 Å². The summed E-state index contributed by atoms with van der Waals surface area (Å²) in [7, 11) is -1.46. The third-order valence-corrected chi connectivity index (χ3v) is 12.8. The van der Waals surface area contributed by atoms with Crippen molar-refractivity contribution in [2.75, 3.05) is 34.2 Å². The smallest absolute Gasteiger partial charge is 0.404 e. The highest BCUT2D eigenvalue weighted by molar-refractivity contribution is 8.76. The maximum absolute atomic E-state index is 14.0. The summed E-state index contributed by atoms with van der Waals surface area (Å²) in [5.41, 5.74) is 4.44. The number of fused-ring (bicyclic) bond motifs is 5. The van der Waals surface area contributed by atoms with Crippen molar-refractivity contribution < 1.29 is 33.3 Å². The molecule has 7 rings (SSSR count). The number of aromatic nitrogens is 2. The van der Waals surface area contributed by atoms with Crippen LogP contribution in [0.25, 0.3) is 32.6 Å². The van der Waals surface area contributed by atoms with Crippen molar-refractivity contribution in [3.63, 3.8) is 0 Å². The van der Waals surface area contributed by atoms with Crippen molar-refractivity contribution >= 4 is 108 Å². The summed E-state index contributed by atoms with van der Waals surface area (Å²) in [6.07, 6.45) is 3.17. The van der Waals surface area contributed by atoms with Crippen LogP contribution in [-0.2, 0) is 9.36 Å². The number of hydrogen-bond donors (Lipinski definition) is 6. The number of hydrogen-bond acceptors (Lipinski definition) is 7. The van der Waals surface area contributed by atoms with E-state index in [9.17, 15) is 28.7 Å². The van der Waals surface area contributed by atoms with Crippen LogP contribution in [-0.4, -0.2) is 60.9 Å². The summed E-state index contributed by atoms with van der Waals surface area (Å²) in [4.78, 5) is 67.1. The highest BCUT2D eigenvalue weighted by Gasteiger charge is 2.36. The van der Waals surface area contributed by atoms with E-state index in [1.807, 2.05) is 24.5 Å². The molecule has 0 spiro atoms. The van der Waals surface area contributed by atoms with Gasteiger partial charge in [-0.2, -0.15) is 0 Å². The molecule has 0 radical (unpaired) electrons. The van der Waals surface area contributed by atoms with Gasteiger partial charge in [-0.25, -0.2) is 4.57 Å². The average Bonchev–Trinajstić information content (AvgIpc) is 3.85. The summed E-state index contributed by atoms with van der Waals surface area (Å²) < 4.78 is 16.9. The molecule has 3 heterocycles. The van der Waals surface area contributed by atoms with Gasteiger partial charge in [0.2, 0.25) is 5.91 Å². The molecule has 280 valence electrons. The lowest BCUT2D eigenvalue weighted by atomic mass is 9.95. The van der Waals surface area contributed by atoms with Gasteiger partial charge in [0.15, 0.2) is 0 Å². The van der Waals surface area contributed by atoms with E-state index in [-0.39, 0.29) is 52.3 Å². The molecule has 1 aliphatic rings. The summed E-state index contributed by atoms with van der Waals surface area (Å²) >= 11 is 6.39. The number of rotatable bonds is 12. The van der Waals surface area contributed by atoms with Crippen molar-refractivity contribution in [2.24, 2.45) is 0 Å². The number of phosphoric acid groups is 1. The fourth-order valence-electron chi connectivity index (χ4n) is 6.84. The first-order valence-electron chi connectivity index (χ1n) is 17.0. The van der Waals surface area contributed by atoms with Crippen LogP contribution >= 0.6 is 41.0 Å². The van der Waals surface area contributed by atoms with E-state index < -0.39 is 7.82 Å². The van der Waals surface area contributed by atoms with Crippen LogP contribution in [0.4, 0.5) is 17.1 Å². The number of anilines is 3. The van der Waals surface area contributed by atoms with E-state index in [0.717, 1.165) is 22.9 Å². The van der Waals surface area contributed by atoms with Crippen molar-refractivity contribution in [2.45, 2.75) is 37.4 Å². The first kappa shape index (κ1) is 37.9. The molecule has 6 N–H and O–H groups in total. The number of carbonyl (C=O) groups is 3. The summed E-state index contributed by atoms with van der Waals surface area (Å²) in [5, 5.41) is 8.52. The largest absolute Gasteiger partial charge is 0.524 e. The number of benzene rings is 4. The number of phosphoric ester groups is 1. The van der Waals surface area contributed by atoms with Crippen LogP contribution in [0.5, 0.6) is 5.75 Å². The highest BCUT2D eigenvalue weighted by Crippen LogP contribution is 2.49. The number of nitrogens with zero attached hydrogens (tertiary/aromatic N) is 1. The van der Waals surface area contributed by atoms with Gasteiger partial charge in [0.25, 0.3) is 11.8 Å². The quantitative estimate of drug-likeness (QED) is 0.0400. The Kier molecular flexibility index (Phi) is 10.5. The van der Waals surface area contributed by atoms with Gasteiger partial charge in [-0.3, -0.25) is 24.2 Å². The van der Waals surface area contributed by atoms with Crippen molar-refractivity contribution in [1.82, 2.24) is 9.97 Å². The zero-order valence-electron chi connectivity index (χ0n) is 29.4. The van der Waals surface area contributed by atoms with E-state index in [2.05, 4.69) is 34.4 Å². The molecule has 6 aromatic rings. The Labute approximate surface area is 323 Å². The molecular formula is C38H37ClN5O7PS2. The number of halogens is 1. The Morgan fingerprint density at radius 3 is 2.20 bits per heavy atom. The van der Waals surface area contributed by atoms with E-state index >= 15 is 0 Å². The predicted octanol–water partition coefficient (Wildman–Crippen LogP) is 9.02. The van der Waals surface area contributed by atoms with Gasteiger partial charge < -0.3 is 30.0 Å². The summed E-state index contributed by atoms with van der Waals surface area (Å²) in [6.45, 7) is 4.50. The molecule has 0 aliphatic carbocycles. The van der Waals surface area contributed by atoms with Crippen molar-refractivity contribution in [1.29, 1.82) is 0 Å². The second-order valence-corrected chi connectivity index (χ2v) is 18.3. The summed E-state index contributed by atoms with van der Waals surface area (Å²) in [5.74, 6) is -0.843. The van der Waals surface area contributed by atoms with Gasteiger partial charge in [-0.15, -0.1) is 11.6 Å². The van der Waals surface area contributed by atoms with E-state index in [4.69, 9.17) is 16.1 Å². The SMILES string of the molecule is CSSC(C)(C)CCC(=O)Nc1ccc2[nH]c(C(=O)Nc3ccc4[nH]c(C(=O)N5C[C@@H](CCl)c6c5cc(OP(=O)(O)O)c5ccccc65)cc4c3)cc2c1. The zero-order valence-corrected chi connectivity index (χ0v) is 32.7. The minimum Gasteiger partial charge on any atom is -0.404 e. The van der Waals surface area contributed by atoms with Gasteiger partial charge in [0.1, 0.15) is 17.1 Å². The standard InChI is InChI=1S/C38H37ClN5O7PS2/c1-38(2,54-53-3)13-12-34(45)40-24-8-10-28-21(14-24)16-30(42-28)36(46)41-25-9-11-29-22(15-25)17-31(43-29)37(47)44-20-23(19-39)35-27-7-5-4-6-26(27)33(18-32(35)44)51-52(48,49)50/h4-11,14-18,23,42-43H,12-13,19-20H2,1-3H3,(H,40,45)(H,41,46)(H2,48,49,50)/t23-/m1/s1. The molecule has 1 atom stereocenters. The van der Waals surface area contributed by atoms with Gasteiger partial charge in [0, 0.05) is 74.1 Å². The number of nitrogens with one attached hydrogen (secondary N) is 4. The minimum absolute atomic E-state index is 0.0133. The molecule has 0 unspecified atom stereocenters. The molecule has 12 nitrogen and oxygen atoms in total. The van der Waals surface area contributed by atoms with Crippen molar-refractivity contribution in [3.8, 4) is 5.75 Å². The number of H-pyrrole nitrogens is 2. The fourth-order valence-corrected chi connectivity index (χ4v) is 9.74. The monoisotopic (exact) mass is 805 g/mol. The Morgan fingerprint density at radius 1 is 0.926 bits per heavy atom. The van der Waals surface area contributed by atoms with Gasteiger partial charge in [-0.05, 0) is 86.0 Å². The lowest BCUT2D eigenvalue weighted by Crippen LogP contribution is -2.30. The number of carbonyl (C=O) groups excluding carboxylic acids is 3. The molecule has 1 aliphatic heterocycles. The van der Waals surface area contributed by atoms with Crippen LogP contribution in [0.3, 0.4) is 0 Å². The zero-order chi connectivity index (χ0) is 38.4. The number of amides is 3. The van der Waals surface area contributed by atoms with E-state index in [0.29, 0.717) is 50.9 Å². The fraction of sp³-hybridized carbons (Fsp3) is 0.237. The van der Waals surface area contributed by atoms with Crippen LogP contribution in [0.2, 0.25) is 0 Å². The Bertz CT molecular complexity index is 2500. The van der Waals surface area contributed by atoms with Crippen molar-refractivity contribution in [3.05, 3.63) is 95.8 Å². The lowest BCUT2D eigenvalue weighted by Gasteiger charge is -2.21. The predicted molar refractivity (Wildman–Crippen MR) is 219 cm³/mol. The maximum atomic E-state index is 14.0. The van der Waals surface area contributed by atoms with E-state index in [1.54, 1.807) is 76.2 Å². The Hall–Kier alpha value is -4.43. The first-order chi connectivity index (χ1) is 25.7. The van der Waals surface area contributed by atoms with E-state index in [1.165, 1.54) is 11.0 Å². The Morgan fingerprint density at radius 2 is 1.56 bits per heavy atom. The molecule has 54 heavy (non-hydrogen) atoms. The molecule has 16 heteroatoms.